The summed E-state index contributed by atoms with van der Waals surface area (Å²) in [6.07, 6.45) is -3.13. The van der Waals surface area contributed by atoms with E-state index >= 15 is 0 Å². The third kappa shape index (κ3) is 3.18. The number of pyridine rings is 1. The number of aromatic nitrogens is 1. The van der Waals surface area contributed by atoms with E-state index in [2.05, 4.69) is 4.98 Å². The molecule has 0 fully saturated rings. The molecule has 0 unspecified atom stereocenters. The highest BCUT2D eigenvalue weighted by Crippen LogP contribution is 2.29. The van der Waals surface area contributed by atoms with E-state index in [9.17, 15) is 17.6 Å². The van der Waals surface area contributed by atoms with Crippen LogP contribution in [0.5, 0.6) is 0 Å². The Morgan fingerprint density at radius 1 is 1.33 bits per heavy atom. The van der Waals surface area contributed by atoms with Crippen molar-refractivity contribution in [2.75, 3.05) is 0 Å². The van der Waals surface area contributed by atoms with Crippen LogP contribution in [0.25, 0.3) is 0 Å². The molecule has 0 aliphatic heterocycles. The molecule has 0 bridgehead atoms. The van der Waals surface area contributed by atoms with E-state index < -0.39 is 17.7 Å². The Kier molecular flexibility index (Phi) is 3.31. The van der Waals surface area contributed by atoms with Gasteiger partial charge in [0.2, 0.25) is 0 Å². The van der Waals surface area contributed by atoms with Gasteiger partial charge in [-0.25, -0.2) is 9.37 Å². The number of nitrogens with zero attached hydrogens (tertiary/aromatic N) is 1. The average molecular weight is 221 g/mol. The van der Waals surface area contributed by atoms with Crippen molar-refractivity contribution < 1.29 is 17.6 Å². The van der Waals surface area contributed by atoms with Crippen LogP contribution in [0.15, 0.2) is 12.3 Å². The first-order valence-electron chi connectivity index (χ1n) is 4.52. The normalized spacial score (nSPS) is 12.2. The molecular weight excluding hydrogens is 210 g/mol. The lowest BCUT2D eigenvalue weighted by molar-refractivity contribution is -0.143. The quantitative estimate of drug-likeness (QED) is 0.697. The lowest BCUT2D eigenvalue weighted by Crippen LogP contribution is -2.11. The monoisotopic (exact) mass is 221 g/mol. The van der Waals surface area contributed by atoms with Crippen LogP contribution in [0.3, 0.4) is 0 Å². The smallest absolute Gasteiger partial charge is 0.249 e. The van der Waals surface area contributed by atoms with Crippen LogP contribution in [0.2, 0.25) is 0 Å². The molecule has 0 saturated heterocycles. The van der Waals surface area contributed by atoms with E-state index in [-0.39, 0.29) is 5.92 Å². The summed E-state index contributed by atoms with van der Waals surface area (Å²) >= 11 is 0. The average Bonchev–Trinajstić information content (AvgIpc) is 1.99. The van der Waals surface area contributed by atoms with Gasteiger partial charge in [-0.2, -0.15) is 13.2 Å². The molecule has 1 nitrogen and oxygen atoms in total. The minimum atomic E-state index is -4.72. The van der Waals surface area contributed by atoms with Gasteiger partial charge in [0.1, 0.15) is 0 Å². The molecule has 84 valence electrons. The SMILES string of the molecule is CC(C)Cc1cnc(C(F)(F)F)c(F)c1. The van der Waals surface area contributed by atoms with Crippen LogP contribution in [-0.4, -0.2) is 4.98 Å². The number of alkyl halides is 3. The van der Waals surface area contributed by atoms with E-state index in [1.54, 1.807) is 0 Å². The van der Waals surface area contributed by atoms with Crippen molar-refractivity contribution in [2.24, 2.45) is 5.92 Å². The molecule has 0 N–H and O–H groups in total. The summed E-state index contributed by atoms with van der Waals surface area (Å²) in [4.78, 5) is 3.10. The van der Waals surface area contributed by atoms with Crippen LogP contribution in [0.4, 0.5) is 17.6 Å². The molecule has 1 aromatic heterocycles. The van der Waals surface area contributed by atoms with Crippen LogP contribution >= 0.6 is 0 Å². The van der Waals surface area contributed by atoms with Gasteiger partial charge in [0.05, 0.1) is 0 Å². The first-order chi connectivity index (χ1) is 6.80. The molecular formula is C10H11F4N. The zero-order valence-electron chi connectivity index (χ0n) is 8.40. The molecule has 0 aromatic carbocycles. The van der Waals surface area contributed by atoms with Crippen molar-refractivity contribution in [3.63, 3.8) is 0 Å². The summed E-state index contributed by atoms with van der Waals surface area (Å²) in [5.74, 6) is -1.05. The predicted molar refractivity (Wildman–Crippen MR) is 47.7 cm³/mol. The first-order valence-corrected chi connectivity index (χ1v) is 4.52. The second-order valence-corrected chi connectivity index (χ2v) is 3.77. The van der Waals surface area contributed by atoms with E-state index in [0.29, 0.717) is 12.0 Å². The third-order valence-electron chi connectivity index (χ3n) is 1.81. The largest absolute Gasteiger partial charge is 0.436 e. The molecule has 0 atom stereocenters. The molecule has 0 aliphatic rings. The second kappa shape index (κ2) is 4.16. The molecule has 1 aromatic rings. The molecule has 0 amide bonds. The van der Waals surface area contributed by atoms with Gasteiger partial charge in [0.25, 0.3) is 0 Å². The van der Waals surface area contributed by atoms with Gasteiger partial charge in [0, 0.05) is 6.20 Å². The molecule has 1 rings (SSSR count). The Bertz CT molecular complexity index is 344. The number of hydrogen-bond donors (Lipinski definition) is 0. The van der Waals surface area contributed by atoms with Crippen LogP contribution < -0.4 is 0 Å². The summed E-state index contributed by atoms with van der Waals surface area (Å²) in [7, 11) is 0. The second-order valence-electron chi connectivity index (χ2n) is 3.77. The Balaban J connectivity index is 2.99. The minimum Gasteiger partial charge on any atom is -0.249 e. The summed E-state index contributed by atoms with van der Waals surface area (Å²) in [5.41, 5.74) is -0.967. The fourth-order valence-electron chi connectivity index (χ4n) is 1.27. The van der Waals surface area contributed by atoms with E-state index in [4.69, 9.17) is 0 Å². The van der Waals surface area contributed by atoms with Gasteiger partial charge in [-0.05, 0) is 24.0 Å². The topological polar surface area (TPSA) is 12.9 Å². The Morgan fingerprint density at radius 2 is 1.93 bits per heavy atom. The zero-order valence-corrected chi connectivity index (χ0v) is 8.40. The Labute approximate surface area is 85.1 Å². The fraction of sp³-hybridized carbons (Fsp3) is 0.500. The van der Waals surface area contributed by atoms with Crippen LogP contribution in [-0.2, 0) is 12.6 Å². The highest BCUT2D eigenvalue weighted by molar-refractivity contribution is 5.18. The van der Waals surface area contributed by atoms with Crippen molar-refractivity contribution in [2.45, 2.75) is 26.4 Å². The Morgan fingerprint density at radius 3 is 2.33 bits per heavy atom. The highest BCUT2D eigenvalue weighted by atomic mass is 19.4. The van der Waals surface area contributed by atoms with Crippen LogP contribution in [0, 0.1) is 11.7 Å². The van der Waals surface area contributed by atoms with Gasteiger partial charge in [-0.1, -0.05) is 13.8 Å². The lowest BCUT2D eigenvalue weighted by atomic mass is 10.0. The summed E-state index contributed by atoms with van der Waals surface area (Å²) in [6.45, 7) is 3.80. The van der Waals surface area contributed by atoms with Crippen molar-refractivity contribution in [3.05, 3.63) is 29.3 Å². The van der Waals surface area contributed by atoms with Gasteiger partial charge < -0.3 is 0 Å². The maximum atomic E-state index is 13.0. The molecule has 0 spiro atoms. The highest BCUT2D eigenvalue weighted by Gasteiger charge is 2.35. The van der Waals surface area contributed by atoms with E-state index in [0.717, 1.165) is 12.3 Å². The van der Waals surface area contributed by atoms with Crippen molar-refractivity contribution in [1.29, 1.82) is 0 Å². The zero-order chi connectivity index (χ0) is 11.6. The lowest BCUT2D eigenvalue weighted by Gasteiger charge is -2.09. The van der Waals surface area contributed by atoms with Gasteiger partial charge in [-0.3, -0.25) is 0 Å². The standard InChI is InChI=1S/C10H11F4N/c1-6(2)3-7-4-8(11)9(15-5-7)10(12,13)14/h4-6H,3H2,1-2H3. The maximum absolute atomic E-state index is 13.0. The first kappa shape index (κ1) is 11.9. The van der Waals surface area contributed by atoms with Gasteiger partial charge in [0.15, 0.2) is 11.5 Å². The molecule has 1 heterocycles. The molecule has 0 radical (unpaired) electrons. The Hall–Kier alpha value is -1.13. The van der Waals surface area contributed by atoms with Crippen molar-refractivity contribution >= 4 is 0 Å². The number of hydrogen-bond acceptors (Lipinski definition) is 1. The summed E-state index contributed by atoms with van der Waals surface area (Å²) < 4.78 is 49.4. The molecule has 0 aliphatic carbocycles. The van der Waals surface area contributed by atoms with Gasteiger partial charge >= 0.3 is 6.18 Å². The molecule has 5 heteroatoms. The summed E-state index contributed by atoms with van der Waals surface area (Å²) in [6, 6.07) is 0.899. The van der Waals surface area contributed by atoms with Crippen LogP contribution in [0.1, 0.15) is 25.1 Å². The van der Waals surface area contributed by atoms with Gasteiger partial charge in [-0.15, -0.1) is 0 Å². The number of halogens is 4. The van der Waals surface area contributed by atoms with Crippen molar-refractivity contribution in [3.8, 4) is 0 Å². The minimum absolute atomic E-state index is 0.253. The van der Waals surface area contributed by atoms with E-state index in [1.165, 1.54) is 0 Å². The fourth-order valence-corrected chi connectivity index (χ4v) is 1.27. The van der Waals surface area contributed by atoms with Crippen molar-refractivity contribution in [1.82, 2.24) is 4.98 Å². The molecule has 0 saturated carbocycles. The predicted octanol–water partition coefficient (Wildman–Crippen LogP) is 3.44. The van der Waals surface area contributed by atoms with E-state index in [1.807, 2.05) is 13.8 Å². The molecule has 15 heavy (non-hydrogen) atoms. The summed E-state index contributed by atoms with van der Waals surface area (Å²) in [5, 5.41) is 0. The number of rotatable bonds is 2. The maximum Gasteiger partial charge on any atom is 0.436 e. The third-order valence-corrected chi connectivity index (χ3v) is 1.81.